The molecular formula is C16H16O4. The van der Waals surface area contributed by atoms with Crippen molar-refractivity contribution in [3.63, 3.8) is 0 Å². The van der Waals surface area contributed by atoms with E-state index in [1.807, 2.05) is 37.3 Å². The zero-order chi connectivity index (χ0) is 14.5. The molecule has 2 aromatic rings. The molecule has 104 valence electrons. The fraction of sp³-hybridized carbons (Fsp3) is 0.188. The zero-order valence-corrected chi connectivity index (χ0v) is 11.4. The van der Waals surface area contributed by atoms with E-state index in [1.54, 1.807) is 12.1 Å². The van der Waals surface area contributed by atoms with Crippen molar-refractivity contribution in [2.75, 3.05) is 7.11 Å². The standard InChI is InChI=1S/C16H16O4/c1-11(12-6-4-3-5-7-12)20-15-9-8-13(10-14(15)17)16(18)19-2/h3-11,17H,1-2H3. The van der Waals surface area contributed by atoms with Crippen LogP contribution in [0.3, 0.4) is 0 Å². The Labute approximate surface area is 117 Å². The molecule has 4 heteroatoms. The first-order valence-corrected chi connectivity index (χ1v) is 6.24. The summed E-state index contributed by atoms with van der Waals surface area (Å²) >= 11 is 0. The zero-order valence-electron chi connectivity index (χ0n) is 11.4. The molecule has 0 aliphatic rings. The first kappa shape index (κ1) is 13.9. The summed E-state index contributed by atoms with van der Waals surface area (Å²) in [6, 6.07) is 14.1. The van der Waals surface area contributed by atoms with Crippen LogP contribution in [-0.4, -0.2) is 18.2 Å². The lowest BCUT2D eigenvalue weighted by molar-refractivity contribution is 0.0600. The average Bonchev–Trinajstić information content (AvgIpc) is 2.49. The predicted octanol–water partition coefficient (Wildman–Crippen LogP) is 3.32. The quantitative estimate of drug-likeness (QED) is 0.867. The molecule has 0 fully saturated rings. The SMILES string of the molecule is COC(=O)c1ccc(OC(C)c2ccccc2)c(O)c1. The number of phenols is 1. The van der Waals surface area contributed by atoms with Gasteiger partial charge in [0.15, 0.2) is 11.5 Å². The predicted molar refractivity (Wildman–Crippen MR) is 74.9 cm³/mol. The summed E-state index contributed by atoms with van der Waals surface area (Å²) in [5.41, 5.74) is 1.29. The Hall–Kier alpha value is -2.49. The van der Waals surface area contributed by atoms with Crippen molar-refractivity contribution in [2.45, 2.75) is 13.0 Å². The van der Waals surface area contributed by atoms with Gasteiger partial charge in [-0.15, -0.1) is 0 Å². The van der Waals surface area contributed by atoms with Gasteiger partial charge in [0.25, 0.3) is 0 Å². The number of benzene rings is 2. The fourth-order valence-electron chi connectivity index (χ4n) is 1.84. The van der Waals surface area contributed by atoms with Crippen LogP contribution in [0, 0.1) is 0 Å². The van der Waals surface area contributed by atoms with Crippen LogP contribution in [0.4, 0.5) is 0 Å². The number of esters is 1. The first-order chi connectivity index (χ1) is 9.61. The Morgan fingerprint density at radius 3 is 2.45 bits per heavy atom. The van der Waals surface area contributed by atoms with Crippen molar-refractivity contribution >= 4 is 5.97 Å². The van der Waals surface area contributed by atoms with Gasteiger partial charge in [-0.1, -0.05) is 30.3 Å². The molecule has 0 heterocycles. The topological polar surface area (TPSA) is 55.8 Å². The monoisotopic (exact) mass is 272 g/mol. The molecule has 1 unspecified atom stereocenters. The van der Waals surface area contributed by atoms with Crippen molar-refractivity contribution in [1.29, 1.82) is 0 Å². The third kappa shape index (κ3) is 3.09. The highest BCUT2D eigenvalue weighted by molar-refractivity contribution is 5.90. The average molecular weight is 272 g/mol. The largest absolute Gasteiger partial charge is 0.504 e. The number of methoxy groups -OCH3 is 1. The third-order valence-electron chi connectivity index (χ3n) is 2.95. The van der Waals surface area contributed by atoms with E-state index in [1.165, 1.54) is 13.2 Å². The van der Waals surface area contributed by atoms with Crippen LogP contribution in [0.25, 0.3) is 0 Å². The highest BCUT2D eigenvalue weighted by Crippen LogP contribution is 2.31. The number of aromatic hydroxyl groups is 1. The maximum Gasteiger partial charge on any atom is 0.337 e. The number of hydrogen-bond donors (Lipinski definition) is 1. The molecule has 0 saturated heterocycles. The molecule has 0 spiro atoms. The van der Waals surface area contributed by atoms with Gasteiger partial charge < -0.3 is 14.6 Å². The first-order valence-electron chi connectivity index (χ1n) is 6.24. The summed E-state index contributed by atoms with van der Waals surface area (Å²) in [6.45, 7) is 1.89. The van der Waals surface area contributed by atoms with Crippen LogP contribution in [0.5, 0.6) is 11.5 Å². The summed E-state index contributed by atoms with van der Waals surface area (Å²) in [4.78, 5) is 11.3. The van der Waals surface area contributed by atoms with Gasteiger partial charge in [-0.25, -0.2) is 4.79 Å². The lowest BCUT2D eigenvalue weighted by Crippen LogP contribution is -2.04. The number of carbonyl (C=O) groups is 1. The van der Waals surface area contributed by atoms with E-state index >= 15 is 0 Å². The molecule has 0 aromatic heterocycles. The molecule has 1 atom stereocenters. The summed E-state index contributed by atoms with van der Waals surface area (Å²) < 4.78 is 10.3. The van der Waals surface area contributed by atoms with Crippen LogP contribution >= 0.6 is 0 Å². The smallest absolute Gasteiger partial charge is 0.337 e. The van der Waals surface area contributed by atoms with Gasteiger partial charge in [0.05, 0.1) is 12.7 Å². The van der Waals surface area contributed by atoms with Gasteiger partial charge in [0.1, 0.15) is 6.10 Å². The fourth-order valence-corrected chi connectivity index (χ4v) is 1.84. The van der Waals surface area contributed by atoms with E-state index in [0.29, 0.717) is 5.75 Å². The van der Waals surface area contributed by atoms with Crippen molar-refractivity contribution in [3.05, 3.63) is 59.7 Å². The molecule has 2 aromatic carbocycles. The van der Waals surface area contributed by atoms with Gasteiger partial charge in [0.2, 0.25) is 0 Å². The molecule has 0 bridgehead atoms. The molecule has 4 nitrogen and oxygen atoms in total. The second kappa shape index (κ2) is 6.10. The van der Waals surface area contributed by atoms with Crippen LogP contribution in [-0.2, 0) is 4.74 Å². The maximum atomic E-state index is 11.3. The van der Waals surface area contributed by atoms with Crippen molar-refractivity contribution in [2.24, 2.45) is 0 Å². The van der Waals surface area contributed by atoms with Crippen LogP contribution in [0.2, 0.25) is 0 Å². The molecule has 0 amide bonds. The van der Waals surface area contributed by atoms with E-state index in [9.17, 15) is 9.90 Å². The van der Waals surface area contributed by atoms with E-state index in [2.05, 4.69) is 4.74 Å². The van der Waals surface area contributed by atoms with E-state index < -0.39 is 5.97 Å². The van der Waals surface area contributed by atoms with E-state index in [-0.39, 0.29) is 17.4 Å². The van der Waals surface area contributed by atoms with Gasteiger partial charge in [-0.05, 0) is 30.7 Å². The number of carbonyl (C=O) groups excluding carboxylic acids is 1. The van der Waals surface area contributed by atoms with Crippen LogP contribution in [0.1, 0.15) is 28.9 Å². The Morgan fingerprint density at radius 2 is 1.85 bits per heavy atom. The summed E-state index contributed by atoms with van der Waals surface area (Å²) in [5.74, 6) is -0.257. The summed E-state index contributed by atoms with van der Waals surface area (Å²) in [7, 11) is 1.29. The lowest BCUT2D eigenvalue weighted by atomic mass is 10.1. The van der Waals surface area contributed by atoms with E-state index in [4.69, 9.17) is 4.74 Å². The highest BCUT2D eigenvalue weighted by Gasteiger charge is 2.13. The minimum absolute atomic E-state index is 0.0873. The maximum absolute atomic E-state index is 11.3. The van der Waals surface area contributed by atoms with Gasteiger partial charge >= 0.3 is 5.97 Å². The minimum Gasteiger partial charge on any atom is -0.504 e. The second-order valence-corrected chi connectivity index (χ2v) is 4.34. The molecule has 0 radical (unpaired) electrons. The van der Waals surface area contributed by atoms with Crippen molar-refractivity contribution in [1.82, 2.24) is 0 Å². The van der Waals surface area contributed by atoms with Crippen LogP contribution in [0.15, 0.2) is 48.5 Å². The molecular weight excluding hydrogens is 256 g/mol. The minimum atomic E-state index is -0.497. The molecule has 0 aliphatic heterocycles. The Morgan fingerprint density at radius 1 is 1.15 bits per heavy atom. The molecule has 0 aliphatic carbocycles. The number of hydrogen-bond acceptors (Lipinski definition) is 4. The van der Waals surface area contributed by atoms with Crippen LogP contribution < -0.4 is 4.74 Å². The summed E-state index contributed by atoms with van der Waals surface area (Å²) in [6.07, 6.45) is -0.203. The Kier molecular flexibility index (Phi) is 4.25. The normalized spacial score (nSPS) is 11.7. The third-order valence-corrected chi connectivity index (χ3v) is 2.95. The lowest BCUT2D eigenvalue weighted by Gasteiger charge is -2.16. The number of phenolic OH excluding ortho intramolecular Hbond substituents is 1. The Balaban J connectivity index is 2.16. The van der Waals surface area contributed by atoms with Crippen molar-refractivity contribution in [3.8, 4) is 11.5 Å². The molecule has 2 rings (SSSR count). The van der Waals surface area contributed by atoms with Gasteiger partial charge in [-0.2, -0.15) is 0 Å². The van der Waals surface area contributed by atoms with E-state index in [0.717, 1.165) is 5.56 Å². The molecule has 20 heavy (non-hydrogen) atoms. The van der Waals surface area contributed by atoms with Gasteiger partial charge in [-0.3, -0.25) is 0 Å². The Bertz CT molecular complexity index is 593. The molecule has 0 saturated carbocycles. The second-order valence-electron chi connectivity index (χ2n) is 4.34. The van der Waals surface area contributed by atoms with Crippen molar-refractivity contribution < 1.29 is 19.4 Å². The highest BCUT2D eigenvalue weighted by atomic mass is 16.5. The number of rotatable bonds is 4. The summed E-state index contributed by atoms with van der Waals surface area (Å²) in [5, 5.41) is 9.90. The number of ether oxygens (including phenoxy) is 2. The molecule has 1 N–H and O–H groups in total. The van der Waals surface area contributed by atoms with Gasteiger partial charge in [0, 0.05) is 0 Å².